The van der Waals surface area contributed by atoms with E-state index in [9.17, 15) is 9.59 Å². The van der Waals surface area contributed by atoms with Crippen molar-refractivity contribution < 1.29 is 14.3 Å². The summed E-state index contributed by atoms with van der Waals surface area (Å²) in [6, 6.07) is 0. The number of hydrogen-bond acceptors (Lipinski definition) is 3. The van der Waals surface area contributed by atoms with Crippen LogP contribution in [-0.2, 0) is 14.3 Å². The number of nitrogens with zero attached hydrogens (tertiary/aromatic N) is 1. The summed E-state index contributed by atoms with van der Waals surface area (Å²) >= 11 is 0. The number of hydrogen-bond donors (Lipinski definition) is 0. The van der Waals surface area contributed by atoms with Gasteiger partial charge in [0.2, 0.25) is 11.8 Å². The van der Waals surface area contributed by atoms with Crippen molar-refractivity contribution in [3.63, 3.8) is 0 Å². The van der Waals surface area contributed by atoms with Crippen LogP contribution in [0.2, 0.25) is 0 Å². The van der Waals surface area contributed by atoms with Crippen molar-refractivity contribution in [1.29, 1.82) is 0 Å². The van der Waals surface area contributed by atoms with E-state index < -0.39 is 0 Å². The number of unbranched alkanes of at least 4 members (excludes halogenated alkanes) is 2. The first-order valence-corrected chi connectivity index (χ1v) is 5.68. The van der Waals surface area contributed by atoms with Gasteiger partial charge >= 0.3 is 0 Å². The Bertz CT molecular complexity index is 255. The van der Waals surface area contributed by atoms with Crippen molar-refractivity contribution in [2.24, 2.45) is 11.8 Å². The predicted molar refractivity (Wildman–Crippen MR) is 54.0 cm³/mol. The molecular weight excluding hydrogens is 194 g/mol. The van der Waals surface area contributed by atoms with Crippen LogP contribution in [0.15, 0.2) is 0 Å². The van der Waals surface area contributed by atoms with Crippen LogP contribution >= 0.6 is 0 Å². The molecule has 0 aromatic rings. The molecule has 2 atom stereocenters. The zero-order chi connectivity index (χ0) is 10.8. The highest BCUT2D eigenvalue weighted by Crippen LogP contribution is 2.31. The fraction of sp³-hybridized carbons (Fsp3) is 0.818. The predicted octanol–water partition coefficient (Wildman–Crippen LogP) is 0.808. The summed E-state index contributed by atoms with van der Waals surface area (Å²) in [6.45, 7) is 3.56. The van der Waals surface area contributed by atoms with Gasteiger partial charge in [0.25, 0.3) is 0 Å². The van der Waals surface area contributed by atoms with Crippen LogP contribution in [-0.4, -0.2) is 36.5 Å². The summed E-state index contributed by atoms with van der Waals surface area (Å²) in [5.41, 5.74) is 0. The van der Waals surface area contributed by atoms with Crippen LogP contribution in [0.3, 0.4) is 0 Å². The highest BCUT2D eigenvalue weighted by molar-refractivity contribution is 6.05. The highest BCUT2D eigenvalue weighted by Gasteiger charge is 2.50. The Kier molecular flexibility index (Phi) is 3.05. The van der Waals surface area contributed by atoms with E-state index in [4.69, 9.17) is 4.74 Å². The van der Waals surface area contributed by atoms with E-state index in [1.165, 1.54) is 4.90 Å². The number of ether oxygens (including phenoxy) is 1. The minimum Gasteiger partial charge on any atom is -0.380 e. The van der Waals surface area contributed by atoms with Gasteiger partial charge in [-0.25, -0.2) is 0 Å². The van der Waals surface area contributed by atoms with Gasteiger partial charge in [-0.3, -0.25) is 14.5 Å². The summed E-state index contributed by atoms with van der Waals surface area (Å²) < 4.78 is 5.16. The fourth-order valence-corrected chi connectivity index (χ4v) is 2.29. The second-order valence-corrected chi connectivity index (χ2v) is 4.29. The number of carbonyl (C=O) groups is 2. The molecule has 0 radical (unpaired) electrons. The summed E-state index contributed by atoms with van der Waals surface area (Å²) in [5.74, 6) is -0.393. The maximum Gasteiger partial charge on any atom is 0.235 e. The number of fused-ring (bicyclic) bond motifs is 1. The van der Waals surface area contributed by atoms with Crippen molar-refractivity contribution >= 4 is 11.8 Å². The zero-order valence-electron chi connectivity index (χ0n) is 9.07. The first kappa shape index (κ1) is 10.6. The average Bonchev–Trinajstić information content (AvgIpc) is 2.77. The Morgan fingerprint density at radius 3 is 2.33 bits per heavy atom. The number of carbonyl (C=O) groups excluding carboxylic acids is 2. The largest absolute Gasteiger partial charge is 0.380 e. The Morgan fingerprint density at radius 1 is 1.20 bits per heavy atom. The van der Waals surface area contributed by atoms with Gasteiger partial charge in [-0.05, 0) is 6.42 Å². The average molecular weight is 211 g/mol. The van der Waals surface area contributed by atoms with Crippen molar-refractivity contribution in [3.05, 3.63) is 0 Å². The van der Waals surface area contributed by atoms with Crippen LogP contribution in [0, 0.1) is 11.8 Å². The quantitative estimate of drug-likeness (QED) is 0.510. The van der Waals surface area contributed by atoms with E-state index in [1.807, 2.05) is 0 Å². The number of amides is 2. The monoisotopic (exact) mass is 211 g/mol. The highest BCUT2D eigenvalue weighted by atomic mass is 16.5. The molecule has 2 fully saturated rings. The van der Waals surface area contributed by atoms with E-state index >= 15 is 0 Å². The Balaban J connectivity index is 1.95. The molecule has 0 aliphatic carbocycles. The summed E-state index contributed by atoms with van der Waals surface area (Å²) in [4.78, 5) is 25.1. The lowest BCUT2D eigenvalue weighted by atomic mass is 10.00. The molecule has 2 aliphatic rings. The first-order valence-electron chi connectivity index (χ1n) is 5.68. The van der Waals surface area contributed by atoms with E-state index in [1.54, 1.807) is 0 Å². The van der Waals surface area contributed by atoms with Crippen molar-refractivity contribution in [1.82, 2.24) is 4.90 Å². The molecule has 2 heterocycles. The molecule has 2 saturated heterocycles. The molecule has 0 saturated carbocycles. The molecule has 4 nitrogen and oxygen atoms in total. The van der Waals surface area contributed by atoms with Crippen LogP contribution in [0.25, 0.3) is 0 Å². The lowest BCUT2D eigenvalue weighted by Crippen LogP contribution is -2.33. The fourth-order valence-electron chi connectivity index (χ4n) is 2.29. The number of likely N-dealkylation sites (tertiary alicyclic amines) is 1. The molecule has 2 rings (SSSR count). The molecule has 0 unspecified atom stereocenters. The first-order chi connectivity index (χ1) is 7.25. The normalized spacial score (nSPS) is 30.1. The molecule has 2 aliphatic heterocycles. The maximum absolute atomic E-state index is 11.8. The third-order valence-electron chi connectivity index (χ3n) is 3.23. The topological polar surface area (TPSA) is 46.6 Å². The van der Waals surface area contributed by atoms with Gasteiger partial charge in [-0.2, -0.15) is 0 Å². The molecule has 0 aromatic heterocycles. The Labute approximate surface area is 89.6 Å². The standard InChI is InChI=1S/C11H17NO3/c1-2-3-4-5-12-10(13)8-6-15-7-9(8)11(12)14/h8-9H,2-7H2,1H3/t8-,9+. The summed E-state index contributed by atoms with van der Waals surface area (Å²) in [6.07, 6.45) is 3.10. The SMILES string of the molecule is CCCCCN1C(=O)[C@H]2COC[C@H]2C1=O. The minimum atomic E-state index is -0.181. The lowest BCUT2D eigenvalue weighted by molar-refractivity contribution is -0.141. The molecule has 0 bridgehead atoms. The smallest absolute Gasteiger partial charge is 0.235 e. The Hall–Kier alpha value is -0.900. The summed E-state index contributed by atoms with van der Waals surface area (Å²) in [7, 11) is 0. The molecule has 0 spiro atoms. The van der Waals surface area contributed by atoms with Crippen molar-refractivity contribution in [2.75, 3.05) is 19.8 Å². The van der Waals surface area contributed by atoms with Gasteiger partial charge < -0.3 is 4.74 Å². The molecule has 2 amide bonds. The molecule has 15 heavy (non-hydrogen) atoms. The van der Waals surface area contributed by atoms with Gasteiger partial charge in [-0.1, -0.05) is 19.8 Å². The molecular formula is C11H17NO3. The van der Waals surface area contributed by atoms with Gasteiger partial charge in [-0.15, -0.1) is 0 Å². The third-order valence-corrected chi connectivity index (χ3v) is 3.23. The molecule has 0 aromatic carbocycles. The molecule has 0 N–H and O–H groups in total. The van der Waals surface area contributed by atoms with E-state index in [-0.39, 0.29) is 23.7 Å². The maximum atomic E-state index is 11.8. The second-order valence-electron chi connectivity index (χ2n) is 4.29. The van der Waals surface area contributed by atoms with Crippen LogP contribution in [0.4, 0.5) is 0 Å². The van der Waals surface area contributed by atoms with Crippen molar-refractivity contribution in [2.45, 2.75) is 26.2 Å². The van der Waals surface area contributed by atoms with Crippen LogP contribution < -0.4 is 0 Å². The zero-order valence-corrected chi connectivity index (χ0v) is 9.07. The minimum absolute atomic E-state index is 0.0152. The van der Waals surface area contributed by atoms with E-state index in [2.05, 4.69) is 6.92 Å². The third kappa shape index (κ3) is 1.78. The Morgan fingerprint density at radius 2 is 1.80 bits per heavy atom. The van der Waals surface area contributed by atoms with Crippen molar-refractivity contribution in [3.8, 4) is 0 Å². The van der Waals surface area contributed by atoms with Gasteiger partial charge in [0, 0.05) is 6.54 Å². The number of imide groups is 1. The van der Waals surface area contributed by atoms with E-state index in [0.717, 1.165) is 19.3 Å². The number of rotatable bonds is 4. The molecule has 4 heteroatoms. The van der Waals surface area contributed by atoms with Gasteiger partial charge in [0.1, 0.15) is 0 Å². The van der Waals surface area contributed by atoms with Crippen LogP contribution in [0.1, 0.15) is 26.2 Å². The van der Waals surface area contributed by atoms with Gasteiger partial charge in [0.05, 0.1) is 25.0 Å². The lowest BCUT2D eigenvalue weighted by Gasteiger charge is -2.15. The van der Waals surface area contributed by atoms with Gasteiger partial charge in [0.15, 0.2) is 0 Å². The second kappa shape index (κ2) is 4.31. The van der Waals surface area contributed by atoms with E-state index in [0.29, 0.717) is 19.8 Å². The molecule has 84 valence electrons. The summed E-state index contributed by atoms with van der Waals surface area (Å²) in [5, 5.41) is 0. The van der Waals surface area contributed by atoms with Crippen LogP contribution in [0.5, 0.6) is 0 Å².